The van der Waals surface area contributed by atoms with E-state index in [9.17, 15) is 18.0 Å². The molecule has 1 saturated carbocycles. The van der Waals surface area contributed by atoms with Crippen LogP contribution in [0.3, 0.4) is 0 Å². The van der Waals surface area contributed by atoms with Crippen LogP contribution in [-0.4, -0.2) is 50.0 Å². The van der Waals surface area contributed by atoms with Crippen molar-refractivity contribution in [1.29, 1.82) is 0 Å². The third kappa shape index (κ3) is 8.61. The molecular weight excluding hydrogens is 545 g/mol. The van der Waals surface area contributed by atoms with E-state index in [1.54, 1.807) is 37.3 Å². The minimum absolute atomic E-state index is 0.0836. The molecule has 3 rings (SSSR count). The number of anilines is 1. The summed E-state index contributed by atoms with van der Waals surface area (Å²) in [7, 11) is -3.54. The number of nitrogens with one attached hydrogen (secondary N) is 1. The lowest BCUT2D eigenvalue weighted by atomic mass is 9.95. The van der Waals surface area contributed by atoms with E-state index in [2.05, 4.69) is 5.32 Å². The number of aryl methyl sites for hydroxylation is 1. The number of carbonyl (C=O) groups excluding carboxylic acids is 2. The van der Waals surface area contributed by atoms with Gasteiger partial charge >= 0.3 is 0 Å². The van der Waals surface area contributed by atoms with Gasteiger partial charge in [0.05, 0.1) is 22.0 Å². The molecule has 1 atom stereocenters. The SMILES string of the molecule is Cc1ccc(N(CCCC(=O)N(Cc2ccc(Cl)c(Cl)c2)[C@@H](C)C(=O)NC2CCCCC2)S(C)(=O)=O)cc1. The molecule has 7 nitrogen and oxygen atoms in total. The lowest BCUT2D eigenvalue weighted by molar-refractivity contribution is -0.141. The molecule has 0 unspecified atom stereocenters. The molecule has 0 radical (unpaired) electrons. The number of rotatable bonds is 11. The summed E-state index contributed by atoms with van der Waals surface area (Å²) in [4.78, 5) is 28.2. The summed E-state index contributed by atoms with van der Waals surface area (Å²) in [6.45, 7) is 3.99. The Morgan fingerprint density at radius 3 is 2.29 bits per heavy atom. The molecule has 10 heteroatoms. The predicted molar refractivity (Wildman–Crippen MR) is 154 cm³/mol. The molecule has 1 N–H and O–H groups in total. The zero-order valence-electron chi connectivity index (χ0n) is 22.3. The zero-order chi connectivity index (χ0) is 27.9. The van der Waals surface area contributed by atoms with Crippen LogP contribution in [-0.2, 0) is 26.2 Å². The van der Waals surface area contributed by atoms with Crippen molar-refractivity contribution < 1.29 is 18.0 Å². The van der Waals surface area contributed by atoms with Crippen molar-refractivity contribution in [3.05, 3.63) is 63.6 Å². The van der Waals surface area contributed by atoms with Crippen molar-refractivity contribution >= 4 is 50.7 Å². The largest absolute Gasteiger partial charge is 0.352 e. The Balaban J connectivity index is 1.73. The number of hydrogen-bond donors (Lipinski definition) is 1. The summed E-state index contributed by atoms with van der Waals surface area (Å²) >= 11 is 12.3. The molecule has 208 valence electrons. The minimum atomic E-state index is -3.54. The first kappa shape index (κ1) is 30.3. The second kappa shape index (κ2) is 13.7. The highest BCUT2D eigenvalue weighted by Crippen LogP contribution is 2.25. The summed E-state index contributed by atoms with van der Waals surface area (Å²) in [5.41, 5.74) is 2.33. The minimum Gasteiger partial charge on any atom is -0.352 e. The molecular formula is C28H37Cl2N3O4S. The quantitative estimate of drug-likeness (QED) is 0.368. The second-order valence-electron chi connectivity index (χ2n) is 10.1. The van der Waals surface area contributed by atoms with Gasteiger partial charge in [-0.05, 0) is 62.9 Å². The van der Waals surface area contributed by atoms with E-state index in [1.165, 1.54) is 15.6 Å². The van der Waals surface area contributed by atoms with Crippen molar-refractivity contribution in [3.63, 3.8) is 0 Å². The maximum Gasteiger partial charge on any atom is 0.242 e. The molecule has 1 aliphatic carbocycles. The fourth-order valence-electron chi connectivity index (χ4n) is 4.70. The first-order valence-corrected chi connectivity index (χ1v) is 15.6. The van der Waals surface area contributed by atoms with E-state index < -0.39 is 16.1 Å². The Kier molecular flexibility index (Phi) is 10.9. The highest BCUT2D eigenvalue weighted by Gasteiger charge is 2.28. The molecule has 2 aromatic carbocycles. The van der Waals surface area contributed by atoms with Gasteiger partial charge in [-0.1, -0.05) is 66.2 Å². The number of nitrogens with zero attached hydrogens (tertiary/aromatic N) is 2. The molecule has 1 aliphatic rings. The van der Waals surface area contributed by atoms with Crippen LogP contribution >= 0.6 is 23.2 Å². The fraction of sp³-hybridized carbons (Fsp3) is 0.500. The number of sulfonamides is 1. The lowest BCUT2D eigenvalue weighted by Gasteiger charge is -2.31. The van der Waals surface area contributed by atoms with Crippen LogP contribution in [0.4, 0.5) is 5.69 Å². The molecule has 0 saturated heterocycles. The molecule has 38 heavy (non-hydrogen) atoms. The molecule has 1 fully saturated rings. The van der Waals surface area contributed by atoms with Crippen molar-refractivity contribution in [3.8, 4) is 0 Å². The molecule has 0 heterocycles. The molecule has 0 bridgehead atoms. The number of carbonyl (C=O) groups is 2. The molecule has 0 aliphatic heterocycles. The van der Waals surface area contributed by atoms with Gasteiger partial charge in [-0.3, -0.25) is 13.9 Å². The summed E-state index contributed by atoms with van der Waals surface area (Å²) in [6, 6.07) is 11.8. The number of halogens is 2. The lowest BCUT2D eigenvalue weighted by Crippen LogP contribution is -2.50. The molecule has 2 aromatic rings. The van der Waals surface area contributed by atoms with Gasteiger partial charge in [0, 0.05) is 25.6 Å². The van der Waals surface area contributed by atoms with E-state index in [0.29, 0.717) is 22.2 Å². The van der Waals surface area contributed by atoms with Crippen LogP contribution in [0.15, 0.2) is 42.5 Å². The smallest absolute Gasteiger partial charge is 0.242 e. The molecule has 2 amide bonds. The van der Waals surface area contributed by atoms with Crippen LogP contribution in [0, 0.1) is 6.92 Å². The maximum atomic E-state index is 13.5. The van der Waals surface area contributed by atoms with Gasteiger partial charge in [0.2, 0.25) is 21.8 Å². The van der Waals surface area contributed by atoms with Gasteiger partial charge < -0.3 is 10.2 Å². The summed E-state index contributed by atoms with van der Waals surface area (Å²) < 4.78 is 26.2. The Labute approximate surface area is 236 Å². The Bertz CT molecular complexity index is 1220. The highest BCUT2D eigenvalue weighted by atomic mass is 35.5. The van der Waals surface area contributed by atoms with Crippen LogP contribution in [0.5, 0.6) is 0 Å². The first-order valence-electron chi connectivity index (χ1n) is 13.0. The van der Waals surface area contributed by atoms with Gasteiger partial charge in [-0.2, -0.15) is 0 Å². The average molecular weight is 583 g/mol. The van der Waals surface area contributed by atoms with Crippen molar-refractivity contribution in [2.24, 2.45) is 0 Å². The van der Waals surface area contributed by atoms with Crippen molar-refractivity contribution in [2.45, 2.75) is 77.4 Å². The fourth-order valence-corrected chi connectivity index (χ4v) is 5.99. The summed E-state index contributed by atoms with van der Waals surface area (Å²) in [6.07, 6.45) is 6.78. The Hall–Kier alpha value is -2.29. The molecule has 0 spiro atoms. The molecule has 0 aromatic heterocycles. The van der Waals surface area contributed by atoms with E-state index >= 15 is 0 Å². The monoisotopic (exact) mass is 581 g/mol. The third-order valence-corrected chi connectivity index (χ3v) is 8.86. The van der Waals surface area contributed by atoms with Gasteiger partial charge in [0.1, 0.15) is 6.04 Å². The standard InChI is InChI=1S/C28H37Cl2N3O4S/c1-20-11-14-24(15-12-20)33(38(3,36)37)17-7-10-27(34)32(19-22-13-16-25(29)26(30)18-22)21(2)28(35)31-23-8-5-4-6-9-23/h11-16,18,21,23H,4-10,17,19H2,1-3H3,(H,31,35)/t21-/m0/s1. The highest BCUT2D eigenvalue weighted by molar-refractivity contribution is 7.92. The van der Waals surface area contributed by atoms with Crippen molar-refractivity contribution in [2.75, 3.05) is 17.1 Å². The van der Waals surface area contributed by atoms with E-state index in [4.69, 9.17) is 23.2 Å². The van der Waals surface area contributed by atoms with Crippen LogP contribution in [0.1, 0.15) is 63.0 Å². The Morgan fingerprint density at radius 2 is 1.68 bits per heavy atom. The Morgan fingerprint density at radius 1 is 1.03 bits per heavy atom. The van der Waals surface area contributed by atoms with Crippen LogP contribution < -0.4 is 9.62 Å². The van der Waals surface area contributed by atoms with Gasteiger partial charge in [0.15, 0.2) is 0 Å². The van der Waals surface area contributed by atoms with Gasteiger partial charge in [0.25, 0.3) is 0 Å². The van der Waals surface area contributed by atoms with Crippen LogP contribution in [0.2, 0.25) is 10.0 Å². The summed E-state index contributed by atoms with van der Waals surface area (Å²) in [5, 5.41) is 3.90. The number of benzene rings is 2. The second-order valence-corrected chi connectivity index (χ2v) is 12.8. The average Bonchev–Trinajstić information content (AvgIpc) is 2.87. The van der Waals surface area contributed by atoms with E-state index in [-0.39, 0.29) is 37.4 Å². The van der Waals surface area contributed by atoms with Crippen molar-refractivity contribution in [1.82, 2.24) is 10.2 Å². The number of amides is 2. The van der Waals surface area contributed by atoms with Gasteiger partial charge in [-0.15, -0.1) is 0 Å². The topological polar surface area (TPSA) is 86.8 Å². The van der Waals surface area contributed by atoms with Crippen LogP contribution in [0.25, 0.3) is 0 Å². The maximum absolute atomic E-state index is 13.5. The van der Waals surface area contributed by atoms with E-state index in [1.807, 2.05) is 19.1 Å². The third-order valence-electron chi connectivity index (χ3n) is 6.93. The van der Waals surface area contributed by atoms with E-state index in [0.717, 1.165) is 43.1 Å². The number of hydrogen-bond acceptors (Lipinski definition) is 4. The van der Waals surface area contributed by atoms with Gasteiger partial charge in [-0.25, -0.2) is 8.42 Å². The first-order chi connectivity index (χ1) is 18.0. The zero-order valence-corrected chi connectivity index (χ0v) is 24.6. The summed E-state index contributed by atoms with van der Waals surface area (Å²) in [5.74, 6) is -0.428. The normalized spacial score (nSPS) is 15.1. The predicted octanol–water partition coefficient (Wildman–Crippen LogP) is 5.71.